The molecule has 0 bridgehead atoms. The molecule has 1 atom stereocenters. The van der Waals surface area contributed by atoms with Crippen LogP contribution in [0.3, 0.4) is 0 Å². The van der Waals surface area contributed by atoms with Crippen molar-refractivity contribution in [1.82, 2.24) is 14.5 Å². The maximum atomic E-state index is 12.9. The third kappa shape index (κ3) is 3.47. The first-order valence-corrected chi connectivity index (χ1v) is 10.3. The molecule has 25 heavy (non-hydrogen) atoms. The number of rotatable bonds is 5. The van der Waals surface area contributed by atoms with Crippen molar-refractivity contribution in [3.63, 3.8) is 0 Å². The van der Waals surface area contributed by atoms with Crippen molar-refractivity contribution in [2.75, 3.05) is 13.1 Å². The maximum absolute atomic E-state index is 12.9. The number of carbonyl (C=O) groups is 1. The standard InChI is InChI=1S/C19H21N3OS2/c1-14-6-10-24-18(14)17(23)15-4-2-8-21(12-15)13-16-5-3-9-22(16)19-20-7-11-25-19/h3,5-7,9-11,15H,2,4,8,12-13H2,1H3. The second-order valence-corrected chi connectivity index (χ2v) is 8.34. The summed E-state index contributed by atoms with van der Waals surface area (Å²) in [5, 5.41) is 5.01. The Kier molecular flexibility index (Phi) is 4.83. The topological polar surface area (TPSA) is 38.1 Å². The molecule has 0 aliphatic carbocycles. The molecule has 0 N–H and O–H groups in total. The summed E-state index contributed by atoms with van der Waals surface area (Å²) in [5.74, 6) is 0.446. The third-order valence-corrected chi connectivity index (χ3v) is 6.61. The third-order valence-electron chi connectivity index (χ3n) is 4.81. The second-order valence-electron chi connectivity index (χ2n) is 6.56. The molecule has 1 aliphatic rings. The van der Waals surface area contributed by atoms with Crippen LogP contribution in [-0.4, -0.2) is 33.3 Å². The number of carbonyl (C=O) groups excluding carboxylic acids is 1. The number of ketones is 1. The molecular formula is C19H21N3OS2. The van der Waals surface area contributed by atoms with Gasteiger partial charge in [0, 0.05) is 42.5 Å². The first kappa shape index (κ1) is 16.7. The summed E-state index contributed by atoms with van der Waals surface area (Å²) >= 11 is 3.22. The lowest BCUT2D eigenvalue weighted by atomic mass is 9.92. The lowest BCUT2D eigenvalue weighted by Crippen LogP contribution is -2.38. The van der Waals surface area contributed by atoms with Crippen LogP contribution in [0.15, 0.2) is 41.4 Å². The monoisotopic (exact) mass is 371 g/mol. The van der Waals surface area contributed by atoms with Gasteiger partial charge in [0.2, 0.25) is 0 Å². The smallest absolute Gasteiger partial charge is 0.193 e. The van der Waals surface area contributed by atoms with E-state index in [9.17, 15) is 4.79 Å². The zero-order valence-corrected chi connectivity index (χ0v) is 15.9. The number of hydrogen-bond donors (Lipinski definition) is 0. The molecule has 1 unspecified atom stereocenters. The van der Waals surface area contributed by atoms with E-state index in [-0.39, 0.29) is 5.92 Å². The Balaban J connectivity index is 1.47. The lowest BCUT2D eigenvalue weighted by Gasteiger charge is -2.32. The van der Waals surface area contributed by atoms with E-state index >= 15 is 0 Å². The number of hydrogen-bond acceptors (Lipinski definition) is 5. The van der Waals surface area contributed by atoms with Crippen LogP contribution < -0.4 is 0 Å². The SMILES string of the molecule is Cc1ccsc1C(=O)C1CCCN(Cc2cccn2-c2nccs2)C1. The Labute approximate surface area is 155 Å². The molecule has 3 aromatic rings. The Morgan fingerprint density at radius 2 is 2.24 bits per heavy atom. The number of nitrogens with zero attached hydrogens (tertiary/aromatic N) is 3. The average Bonchev–Trinajstić information content (AvgIpc) is 3.35. The van der Waals surface area contributed by atoms with Crippen LogP contribution in [0.25, 0.3) is 5.13 Å². The first-order valence-electron chi connectivity index (χ1n) is 8.59. The molecule has 4 heterocycles. The number of likely N-dealkylation sites (tertiary alicyclic amines) is 1. The van der Waals surface area contributed by atoms with E-state index in [4.69, 9.17) is 0 Å². The van der Waals surface area contributed by atoms with Crippen molar-refractivity contribution in [3.8, 4) is 5.13 Å². The summed E-state index contributed by atoms with van der Waals surface area (Å²) in [6, 6.07) is 6.26. The van der Waals surface area contributed by atoms with Gasteiger partial charge < -0.3 is 0 Å². The summed E-state index contributed by atoms with van der Waals surface area (Å²) in [7, 11) is 0. The van der Waals surface area contributed by atoms with Crippen LogP contribution in [0.4, 0.5) is 0 Å². The van der Waals surface area contributed by atoms with E-state index in [1.54, 1.807) is 22.7 Å². The molecule has 1 fully saturated rings. The minimum Gasteiger partial charge on any atom is -0.297 e. The lowest BCUT2D eigenvalue weighted by molar-refractivity contribution is 0.0813. The highest BCUT2D eigenvalue weighted by molar-refractivity contribution is 7.12. The highest BCUT2D eigenvalue weighted by Gasteiger charge is 2.28. The highest BCUT2D eigenvalue weighted by Crippen LogP contribution is 2.27. The van der Waals surface area contributed by atoms with Crippen molar-refractivity contribution in [2.24, 2.45) is 5.92 Å². The number of aromatic nitrogens is 2. The fraction of sp³-hybridized carbons (Fsp3) is 0.368. The van der Waals surface area contributed by atoms with Gasteiger partial charge in [-0.3, -0.25) is 14.3 Å². The average molecular weight is 372 g/mol. The van der Waals surface area contributed by atoms with Crippen LogP contribution in [0.1, 0.15) is 33.8 Å². The Hall–Kier alpha value is -1.76. The van der Waals surface area contributed by atoms with E-state index in [1.165, 1.54) is 5.69 Å². The van der Waals surface area contributed by atoms with Crippen molar-refractivity contribution < 1.29 is 4.79 Å². The molecule has 0 aromatic carbocycles. The molecule has 1 aliphatic heterocycles. The normalized spacial score (nSPS) is 18.5. The fourth-order valence-electron chi connectivity index (χ4n) is 3.52. The number of thiazole rings is 1. The molecular weight excluding hydrogens is 350 g/mol. The van der Waals surface area contributed by atoms with Crippen LogP contribution in [0.5, 0.6) is 0 Å². The minimum absolute atomic E-state index is 0.120. The van der Waals surface area contributed by atoms with Crippen molar-refractivity contribution >= 4 is 28.5 Å². The van der Waals surface area contributed by atoms with Crippen molar-refractivity contribution in [2.45, 2.75) is 26.3 Å². The van der Waals surface area contributed by atoms with Gasteiger partial charge in [0.1, 0.15) is 0 Å². The van der Waals surface area contributed by atoms with Crippen molar-refractivity contribution in [3.05, 3.63) is 57.5 Å². The summed E-state index contributed by atoms with van der Waals surface area (Å²) in [4.78, 5) is 20.6. The number of Topliss-reactive ketones (excluding diaryl/α,β-unsaturated/α-hetero) is 1. The summed E-state index contributed by atoms with van der Waals surface area (Å²) in [6.07, 6.45) is 5.98. The molecule has 130 valence electrons. The van der Waals surface area contributed by atoms with Crippen molar-refractivity contribution in [1.29, 1.82) is 0 Å². The van der Waals surface area contributed by atoms with Crippen LogP contribution in [0, 0.1) is 12.8 Å². The zero-order valence-electron chi connectivity index (χ0n) is 14.2. The van der Waals surface area contributed by atoms with Crippen LogP contribution in [0.2, 0.25) is 0 Å². The minimum atomic E-state index is 0.120. The van der Waals surface area contributed by atoms with Gasteiger partial charge >= 0.3 is 0 Å². The number of aryl methyl sites for hydroxylation is 1. The molecule has 0 radical (unpaired) electrons. The quantitative estimate of drug-likeness (QED) is 0.624. The Bertz CT molecular complexity index is 850. The summed E-state index contributed by atoms with van der Waals surface area (Å²) in [6.45, 7) is 4.79. The Morgan fingerprint density at radius 3 is 3.00 bits per heavy atom. The molecule has 0 saturated carbocycles. The van der Waals surface area contributed by atoms with Gasteiger partial charge in [0.25, 0.3) is 0 Å². The largest absolute Gasteiger partial charge is 0.297 e. The van der Waals surface area contributed by atoms with Crippen LogP contribution >= 0.6 is 22.7 Å². The van der Waals surface area contributed by atoms with E-state index in [1.807, 2.05) is 29.9 Å². The van der Waals surface area contributed by atoms with E-state index < -0.39 is 0 Å². The van der Waals surface area contributed by atoms with Crippen LogP contribution in [-0.2, 0) is 6.54 Å². The summed E-state index contributed by atoms with van der Waals surface area (Å²) < 4.78 is 2.15. The van der Waals surface area contributed by atoms with E-state index in [0.29, 0.717) is 5.78 Å². The highest BCUT2D eigenvalue weighted by atomic mass is 32.1. The molecule has 0 amide bonds. The molecule has 3 aromatic heterocycles. The fourth-order valence-corrected chi connectivity index (χ4v) is 5.12. The molecule has 4 rings (SSSR count). The number of thiophene rings is 1. The Morgan fingerprint density at radius 1 is 1.32 bits per heavy atom. The van der Waals surface area contributed by atoms with Gasteiger partial charge in [-0.25, -0.2) is 4.98 Å². The molecule has 4 nitrogen and oxygen atoms in total. The van der Waals surface area contributed by atoms with E-state index in [2.05, 4.69) is 32.8 Å². The molecule has 1 saturated heterocycles. The first-order chi connectivity index (χ1) is 12.2. The number of piperidine rings is 1. The predicted octanol–water partition coefficient (Wildman–Crippen LogP) is 4.40. The van der Waals surface area contributed by atoms with Gasteiger partial charge in [-0.1, -0.05) is 0 Å². The predicted molar refractivity (Wildman–Crippen MR) is 103 cm³/mol. The van der Waals surface area contributed by atoms with Gasteiger partial charge in [0.05, 0.1) is 4.88 Å². The van der Waals surface area contributed by atoms with Gasteiger partial charge in [-0.05, 0) is 55.5 Å². The molecule has 6 heteroatoms. The van der Waals surface area contributed by atoms with Gasteiger partial charge in [-0.2, -0.15) is 0 Å². The molecule has 0 spiro atoms. The van der Waals surface area contributed by atoms with Gasteiger partial charge in [-0.15, -0.1) is 22.7 Å². The van der Waals surface area contributed by atoms with Gasteiger partial charge in [0.15, 0.2) is 10.9 Å². The maximum Gasteiger partial charge on any atom is 0.193 e. The summed E-state index contributed by atoms with van der Waals surface area (Å²) in [5.41, 5.74) is 2.35. The zero-order chi connectivity index (χ0) is 17.2. The second kappa shape index (κ2) is 7.23. The van der Waals surface area contributed by atoms with E-state index in [0.717, 1.165) is 48.0 Å².